The number of carbonyl (C=O) groups is 2. The number of nitrogens with zero attached hydrogens (tertiary/aromatic N) is 1. The van der Waals surface area contributed by atoms with E-state index in [0.29, 0.717) is 17.9 Å². The summed E-state index contributed by atoms with van der Waals surface area (Å²) in [6.07, 6.45) is 4.77. The van der Waals surface area contributed by atoms with E-state index in [1.54, 1.807) is 0 Å². The zero-order valence-electron chi connectivity index (χ0n) is 15.8. The molecule has 1 aliphatic carbocycles. The predicted molar refractivity (Wildman–Crippen MR) is 107 cm³/mol. The molecule has 2 aliphatic rings. The van der Waals surface area contributed by atoms with E-state index in [9.17, 15) is 9.59 Å². The van der Waals surface area contributed by atoms with Crippen LogP contribution in [0.1, 0.15) is 58.6 Å². The van der Waals surface area contributed by atoms with Crippen LogP contribution in [0.5, 0.6) is 0 Å². The molecule has 0 spiro atoms. The van der Waals surface area contributed by atoms with Crippen molar-refractivity contribution in [2.24, 2.45) is 0 Å². The first-order valence-corrected chi connectivity index (χ1v) is 9.89. The third-order valence-corrected chi connectivity index (χ3v) is 5.83. The summed E-state index contributed by atoms with van der Waals surface area (Å²) in [7, 11) is 0. The molecule has 4 nitrogen and oxygen atoms in total. The molecule has 2 aromatic carbocycles. The fourth-order valence-electron chi connectivity index (χ4n) is 4.32. The third-order valence-electron chi connectivity index (χ3n) is 5.83. The SMILES string of the molecule is Cc1cc(C(=O)N2CCCC2)ccc1NC(=O)CC1CCc2ccccc21. The van der Waals surface area contributed by atoms with Gasteiger partial charge in [-0.1, -0.05) is 24.3 Å². The summed E-state index contributed by atoms with van der Waals surface area (Å²) in [5.74, 6) is 0.437. The number of anilines is 1. The van der Waals surface area contributed by atoms with E-state index in [4.69, 9.17) is 0 Å². The Bertz CT molecular complexity index is 868. The second-order valence-corrected chi connectivity index (χ2v) is 7.72. The quantitative estimate of drug-likeness (QED) is 0.882. The van der Waals surface area contributed by atoms with Crippen molar-refractivity contribution in [1.29, 1.82) is 0 Å². The van der Waals surface area contributed by atoms with E-state index < -0.39 is 0 Å². The van der Waals surface area contributed by atoms with Gasteiger partial charge in [0.05, 0.1) is 0 Å². The van der Waals surface area contributed by atoms with Crippen LogP contribution in [0, 0.1) is 6.92 Å². The molecule has 1 aliphatic heterocycles. The molecule has 1 unspecified atom stereocenters. The molecule has 2 amide bonds. The first-order chi connectivity index (χ1) is 13.1. The van der Waals surface area contributed by atoms with Gasteiger partial charge >= 0.3 is 0 Å². The molecule has 0 aromatic heterocycles. The Balaban J connectivity index is 1.40. The van der Waals surface area contributed by atoms with Crippen LogP contribution < -0.4 is 5.32 Å². The standard InChI is InChI=1S/C23H26N2O2/c1-16-14-19(23(27)25-12-4-5-13-25)10-11-21(16)24-22(26)15-18-9-8-17-6-2-3-7-20(17)18/h2-3,6-7,10-11,14,18H,4-5,8-9,12-13,15H2,1H3,(H,24,26). The highest BCUT2D eigenvalue weighted by atomic mass is 16.2. The molecule has 1 fully saturated rings. The zero-order chi connectivity index (χ0) is 18.8. The molecule has 0 radical (unpaired) electrons. The van der Waals surface area contributed by atoms with Gasteiger partial charge in [0.25, 0.3) is 5.91 Å². The molecular weight excluding hydrogens is 336 g/mol. The van der Waals surface area contributed by atoms with Crippen molar-refractivity contribution >= 4 is 17.5 Å². The van der Waals surface area contributed by atoms with Crippen LogP contribution in [0.2, 0.25) is 0 Å². The zero-order valence-corrected chi connectivity index (χ0v) is 15.8. The minimum Gasteiger partial charge on any atom is -0.339 e. The van der Waals surface area contributed by atoms with Crippen LogP contribution in [0.4, 0.5) is 5.69 Å². The fourth-order valence-corrected chi connectivity index (χ4v) is 4.32. The molecule has 1 N–H and O–H groups in total. The van der Waals surface area contributed by atoms with E-state index in [1.807, 2.05) is 30.0 Å². The van der Waals surface area contributed by atoms with E-state index >= 15 is 0 Å². The Morgan fingerprint density at radius 3 is 2.67 bits per heavy atom. The molecule has 1 saturated heterocycles. The highest BCUT2D eigenvalue weighted by molar-refractivity contribution is 5.96. The van der Waals surface area contributed by atoms with Gasteiger partial charge < -0.3 is 10.2 Å². The van der Waals surface area contributed by atoms with Crippen molar-refractivity contribution in [2.45, 2.75) is 44.9 Å². The highest BCUT2D eigenvalue weighted by Gasteiger charge is 2.24. The summed E-state index contributed by atoms with van der Waals surface area (Å²) >= 11 is 0. The van der Waals surface area contributed by atoms with Crippen molar-refractivity contribution < 1.29 is 9.59 Å². The van der Waals surface area contributed by atoms with Gasteiger partial charge in [0.15, 0.2) is 0 Å². The van der Waals surface area contributed by atoms with E-state index in [0.717, 1.165) is 50.0 Å². The molecule has 0 saturated carbocycles. The molecule has 4 rings (SSSR count). The van der Waals surface area contributed by atoms with Crippen LogP contribution in [-0.2, 0) is 11.2 Å². The van der Waals surface area contributed by atoms with Gasteiger partial charge in [-0.05, 0) is 73.4 Å². The van der Waals surface area contributed by atoms with E-state index in [-0.39, 0.29) is 11.8 Å². The Morgan fingerprint density at radius 1 is 1.11 bits per heavy atom. The lowest BCUT2D eigenvalue weighted by molar-refractivity contribution is -0.116. The minimum atomic E-state index is 0.0402. The topological polar surface area (TPSA) is 49.4 Å². The normalized spacial score (nSPS) is 18.4. The average molecular weight is 362 g/mol. The largest absolute Gasteiger partial charge is 0.339 e. The Morgan fingerprint density at radius 2 is 1.89 bits per heavy atom. The van der Waals surface area contributed by atoms with Gasteiger partial charge in [0.2, 0.25) is 5.91 Å². The maximum atomic E-state index is 12.6. The van der Waals surface area contributed by atoms with Gasteiger partial charge in [-0.25, -0.2) is 0 Å². The lowest BCUT2D eigenvalue weighted by Crippen LogP contribution is -2.27. The summed E-state index contributed by atoms with van der Waals surface area (Å²) in [6, 6.07) is 14.0. The van der Waals surface area contributed by atoms with Gasteiger partial charge in [-0.2, -0.15) is 0 Å². The number of benzene rings is 2. The summed E-state index contributed by atoms with van der Waals surface area (Å²) in [5, 5.41) is 3.04. The summed E-state index contributed by atoms with van der Waals surface area (Å²) in [6.45, 7) is 3.64. The highest BCUT2D eigenvalue weighted by Crippen LogP contribution is 2.35. The number of likely N-dealkylation sites (tertiary alicyclic amines) is 1. The van der Waals surface area contributed by atoms with E-state index in [1.165, 1.54) is 11.1 Å². The number of fused-ring (bicyclic) bond motifs is 1. The third kappa shape index (κ3) is 3.75. The Labute approximate surface area is 160 Å². The summed E-state index contributed by atoms with van der Waals surface area (Å²) in [5.41, 5.74) is 5.12. The van der Waals surface area contributed by atoms with Crippen molar-refractivity contribution in [3.05, 3.63) is 64.7 Å². The number of nitrogens with one attached hydrogen (secondary N) is 1. The number of amides is 2. The molecule has 4 heteroatoms. The predicted octanol–water partition coefficient (Wildman–Crippen LogP) is 4.29. The van der Waals surface area contributed by atoms with Crippen LogP contribution in [0.15, 0.2) is 42.5 Å². The molecule has 27 heavy (non-hydrogen) atoms. The lowest BCUT2D eigenvalue weighted by atomic mass is 9.97. The maximum absolute atomic E-state index is 12.6. The number of carbonyl (C=O) groups excluding carboxylic acids is 2. The molecule has 0 bridgehead atoms. The van der Waals surface area contributed by atoms with E-state index in [2.05, 4.69) is 29.6 Å². The average Bonchev–Trinajstić information content (AvgIpc) is 3.33. The Kier molecular flexibility index (Phi) is 4.97. The van der Waals surface area contributed by atoms with Gasteiger partial charge in [0.1, 0.15) is 0 Å². The molecule has 1 heterocycles. The maximum Gasteiger partial charge on any atom is 0.253 e. The van der Waals surface area contributed by atoms with Crippen molar-refractivity contribution in [3.8, 4) is 0 Å². The van der Waals surface area contributed by atoms with Crippen LogP contribution in [0.25, 0.3) is 0 Å². The smallest absolute Gasteiger partial charge is 0.253 e. The van der Waals surface area contributed by atoms with Crippen molar-refractivity contribution in [3.63, 3.8) is 0 Å². The second kappa shape index (κ2) is 7.55. The Hall–Kier alpha value is -2.62. The van der Waals surface area contributed by atoms with Gasteiger partial charge in [0, 0.05) is 30.8 Å². The number of hydrogen-bond donors (Lipinski definition) is 1. The number of aryl methyl sites for hydroxylation is 2. The molecule has 2 aromatic rings. The second-order valence-electron chi connectivity index (χ2n) is 7.72. The number of rotatable bonds is 4. The van der Waals surface area contributed by atoms with Gasteiger partial charge in [-0.3, -0.25) is 9.59 Å². The van der Waals surface area contributed by atoms with Crippen molar-refractivity contribution in [2.75, 3.05) is 18.4 Å². The minimum absolute atomic E-state index is 0.0402. The molecule has 140 valence electrons. The first kappa shape index (κ1) is 17.8. The fraction of sp³-hybridized carbons (Fsp3) is 0.391. The summed E-state index contributed by atoms with van der Waals surface area (Å²) < 4.78 is 0. The van der Waals surface area contributed by atoms with Crippen LogP contribution in [0.3, 0.4) is 0 Å². The monoisotopic (exact) mass is 362 g/mol. The van der Waals surface area contributed by atoms with Gasteiger partial charge in [-0.15, -0.1) is 0 Å². The summed E-state index contributed by atoms with van der Waals surface area (Å²) in [4.78, 5) is 27.0. The molecule has 1 atom stereocenters. The van der Waals surface area contributed by atoms with Crippen molar-refractivity contribution in [1.82, 2.24) is 4.90 Å². The molecular formula is C23H26N2O2. The number of hydrogen-bond acceptors (Lipinski definition) is 2. The first-order valence-electron chi connectivity index (χ1n) is 9.89. The van der Waals surface area contributed by atoms with Crippen LogP contribution in [-0.4, -0.2) is 29.8 Å². The lowest BCUT2D eigenvalue weighted by Gasteiger charge is -2.17. The van der Waals surface area contributed by atoms with Crippen LogP contribution >= 0.6 is 0 Å².